The van der Waals surface area contributed by atoms with E-state index >= 15 is 0 Å². The molecule has 104 valence electrons. The molecule has 3 heteroatoms. The highest BCUT2D eigenvalue weighted by Gasteiger charge is 2.34. The van der Waals surface area contributed by atoms with Crippen LogP contribution in [-0.4, -0.2) is 30.6 Å². The van der Waals surface area contributed by atoms with E-state index < -0.39 is 0 Å². The van der Waals surface area contributed by atoms with Crippen LogP contribution < -0.4 is 5.32 Å². The molecule has 2 fully saturated rings. The minimum atomic E-state index is 0.648. The van der Waals surface area contributed by atoms with Crippen molar-refractivity contribution in [2.45, 2.75) is 18.9 Å². The molecule has 3 heterocycles. The zero-order chi connectivity index (χ0) is 13.4. The summed E-state index contributed by atoms with van der Waals surface area (Å²) in [6, 6.07) is 13.7. The average molecular weight is 284 g/mol. The maximum atomic E-state index is 3.85. The molecule has 3 unspecified atom stereocenters. The maximum Gasteiger partial charge on any atom is 0.0430 e. The third-order valence-corrected chi connectivity index (χ3v) is 5.59. The van der Waals surface area contributed by atoms with Crippen molar-refractivity contribution in [1.82, 2.24) is 4.90 Å². The molecule has 0 amide bonds. The number of nitrogens with zero attached hydrogens (tertiary/aromatic N) is 1. The van der Waals surface area contributed by atoms with Crippen molar-refractivity contribution in [2.75, 3.05) is 25.0 Å². The summed E-state index contributed by atoms with van der Waals surface area (Å²) in [6.07, 6.45) is 2.64. The number of thiophene rings is 1. The first-order valence-electron chi connectivity index (χ1n) is 7.52. The number of hydrogen-bond donors (Lipinski definition) is 1. The van der Waals surface area contributed by atoms with Crippen molar-refractivity contribution in [1.29, 1.82) is 0 Å². The molecule has 0 spiro atoms. The van der Waals surface area contributed by atoms with Crippen LogP contribution in [0, 0.1) is 5.92 Å². The van der Waals surface area contributed by atoms with Crippen LogP contribution in [0.25, 0.3) is 10.4 Å². The Morgan fingerprint density at radius 1 is 1.05 bits per heavy atom. The fourth-order valence-corrected chi connectivity index (χ4v) is 4.36. The topological polar surface area (TPSA) is 15.3 Å². The second-order valence-electron chi connectivity index (χ2n) is 5.91. The van der Waals surface area contributed by atoms with Gasteiger partial charge in [-0.1, -0.05) is 24.3 Å². The molecular weight excluding hydrogens is 264 g/mol. The lowest BCUT2D eigenvalue weighted by molar-refractivity contribution is 0.255. The lowest BCUT2D eigenvalue weighted by Gasteiger charge is -2.32. The molecular formula is C17H20N2S. The van der Waals surface area contributed by atoms with Crippen LogP contribution >= 0.6 is 11.3 Å². The van der Waals surface area contributed by atoms with Gasteiger partial charge < -0.3 is 10.2 Å². The number of rotatable bonds is 3. The van der Waals surface area contributed by atoms with Crippen LogP contribution in [-0.2, 0) is 0 Å². The molecule has 2 bridgehead atoms. The zero-order valence-corrected chi connectivity index (χ0v) is 12.4. The van der Waals surface area contributed by atoms with Crippen LogP contribution in [0.4, 0.5) is 5.69 Å². The van der Waals surface area contributed by atoms with Crippen LogP contribution in [0.2, 0.25) is 0 Å². The second-order valence-corrected chi connectivity index (χ2v) is 6.86. The predicted octanol–water partition coefficient (Wildman–Crippen LogP) is 3.92. The Morgan fingerprint density at radius 3 is 2.85 bits per heavy atom. The summed E-state index contributed by atoms with van der Waals surface area (Å²) in [4.78, 5) is 3.96. The molecule has 20 heavy (non-hydrogen) atoms. The summed E-state index contributed by atoms with van der Waals surface area (Å²) < 4.78 is 0. The van der Waals surface area contributed by atoms with Crippen molar-refractivity contribution < 1.29 is 0 Å². The molecule has 2 aliphatic rings. The minimum absolute atomic E-state index is 0.648. The first-order valence-corrected chi connectivity index (χ1v) is 8.40. The van der Waals surface area contributed by atoms with Gasteiger partial charge in [0.15, 0.2) is 0 Å². The number of benzene rings is 1. The molecule has 2 aliphatic heterocycles. The van der Waals surface area contributed by atoms with E-state index in [-0.39, 0.29) is 0 Å². The Hall–Kier alpha value is -1.32. The largest absolute Gasteiger partial charge is 0.381 e. The molecule has 2 saturated heterocycles. The number of anilines is 1. The van der Waals surface area contributed by atoms with Gasteiger partial charge in [-0.3, -0.25) is 0 Å². The summed E-state index contributed by atoms with van der Waals surface area (Å²) in [5.74, 6) is 0.833. The van der Waals surface area contributed by atoms with Gasteiger partial charge in [0.05, 0.1) is 0 Å². The van der Waals surface area contributed by atoms with E-state index in [1.807, 2.05) is 11.3 Å². The first-order chi connectivity index (χ1) is 9.90. The van der Waals surface area contributed by atoms with E-state index in [0.29, 0.717) is 6.04 Å². The normalized spacial score (nSPS) is 28.5. The summed E-state index contributed by atoms with van der Waals surface area (Å²) >= 11 is 1.82. The summed E-state index contributed by atoms with van der Waals surface area (Å²) in [6.45, 7) is 3.85. The van der Waals surface area contributed by atoms with E-state index in [2.05, 4.69) is 52.0 Å². The van der Waals surface area contributed by atoms with E-state index in [9.17, 15) is 0 Å². The van der Waals surface area contributed by atoms with Crippen molar-refractivity contribution in [3.8, 4) is 10.4 Å². The van der Waals surface area contributed by atoms with Crippen LogP contribution in [0.3, 0.4) is 0 Å². The lowest BCUT2D eigenvalue weighted by atomic mass is 9.93. The highest BCUT2D eigenvalue weighted by Crippen LogP contribution is 2.35. The van der Waals surface area contributed by atoms with Crippen LogP contribution in [0.5, 0.6) is 0 Å². The summed E-state index contributed by atoms with van der Waals surface area (Å²) in [5.41, 5.74) is 2.66. The first kappa shape index (κ1) is 12.4. The van der Waals surface area contributed by atoms with Gasteiger partial charge in [-0.05, 0) is 42.8 Å². The van der Waals surface area contributed by atoms with Crippen LogP contribution in [0.1, 0.15) is 12.8 Å². The van der Waals surface area contributed by atoms with Gasteiger partial charge in [-0.25, -0.2) is 0 Å². The van der Waals surface area contributed by atoms with Gasteiger partial charge in [0, 0.05) is 35.3 Å². The molecule has 4 rings (SSSR count). The monoisotopic (exact) mass is 284 g/mol. The highest BCUT2D eigenvalue weighted by molar-refractivity contribution is 7.13. The fraction of sp³-hybridized carbons (Fsp3) is 0.412. The molecule has 1 aromatic heterocycles. The smallest absolute Gasteiger partial charge is 0.0430 e. The Balaban J connectivity index is 1.60. The number of fused-ring (bicyclic) bond motifs is 2. The van der Waals surface area contributed by atoms with Gasteiger partial charge in [-0.15, -0.1) is 11.3 Å². The maximum absolute atomic E-state index is 3.85. The Morgan fingerprint density at radius 2 is 1.95 bits per heavy atom. The second kappa shape index (κ2) is 5.23. The Bertz CT molecular complexity index is 578. The van der Waals surface area contributed by atoms with Gasteiger partial charge >= 0.3 is 0 Å². The number of para-hydroxylation sites is 1. The van der Waals surface area contributed by atoms with Crippen molar-refractivity contribution in [2.24, 2.45) is 5.92 Å². The quantitative estimate of drug-likeness (QED) is 0.919. The molecule has 0 radical (unpaired) electrons. The van der Waals surface area contributed by atoms with Crippen LogP contribution in [0.15, 0.2) is 41.8 Å². The van der Waals surface area contributed by atoms with Crippen molar-refractivity contribution >= 4 is 17.0 Å². The average Bonchev–Trinajstić information content (AvgIpc) is 3.13. The predicted molar refractivity (Wildman–Crippen MR) is 86.3 cm³/mol. The molecule has 0 saturated carbocycles. The SMILES string of the molecule is c1csc(-c2ccccc2NC2CCN3CCC2C3)c1. The molecule has 2 nitrogen and oxygen atoms in total. The third-order valence-electron chi connectivity index (χ3n) is 4.69. The van der Waals surface area contributed by atoms with E-state index in [1.165, 1.54) is 48.6 Å². The summed E-state index contributed by atoms with van der Waals surface area (Å²) in [5, 5.41) is 6.00. The van der Waals surface area contributed by atoms with Crippen molar-refractivity contribution in [3.05, 3.63) is 41.8 Å². The van der Waals surface area contributed by atoms with E-state index in [4.69, 9.17) is 0 Å². The fourth-order valence-electron chi connectivity index (χ4n) is 3.60. The summed E-state index contributed by atoms with van der Waals surface area (Å²) in [7, 11) is 0. The molecule has 1 aromatic carbocycles. The number of hydrogen-bond acceptors (Lipinski definition) is 3. The molecule has 3 atom stereocenters. The lowest BCUT2D eigenvalue weighted by Crippen LogP contribution is -2.39. The van der Waals surface area contributed by atoms with Gasteiger partial charge in [0.2, 0.25) is 0 Å². The van der Waals surface area contributed by atoms with Gasteiger partial charge in [0.1, 0.15) is 0 Å². The minimum Gasteiger partial charge on any atom is -0.381 e. The number of piperidine rings is 1. The third kappa shape index (κ3) is 2.25. The Kier molecular flexibility index (Phi) is 3.25. The standard InChI is InChI=1S/C17H20N2S/c1-2-5-16(14(4-1)17-6-3-11-20-17)18-15-8-10-19-9-7-13(15)12-19/h1-6,11,13,15,18H,7-10,12H2. The molecule has 2 aromatic rings. The van der Waals surface area contributed by atoms with E-state index in [0.717, 1.165) is 5.92 Å². The van der Waals surface area contributed by atoms with Gasteiger partial charge in [0.25, 0.3) is 0 Å². The van der Waals surface area contributed by atoms with Gasteiger partial charge in [-0.2, -0.15) is 0 Å². The zero-order valence-electron chi connectivity index (χ0n) is 11.6. The van der Waals surface area contributed by atoms with E-state index in [1.54, 1.807) is 0 Å². The Labute approximate surface area is 124 Å². The molecule has 1 N–H and O–H groups in total. The highest BCUT2D eigenvalue weighted by atomic mass is 32.1. The molecule has 0 aliphatic carbocycles. The number of nitrogens with one attached hydrogen (secondary N) is 1. The van der Waals surface area contributed by atoms with Crippen molar-refractivity contribution in [3.63, 3.8) is 0 Å².